The van der Waals surface area contributed by atoms with Crippen LogP contribution in [0.2, 0.25) is 0 Å². The largest absolute Gasteiger partial charge is 0.478 e. The molecule has 3 aliphatic rings. The van der Waals surface area contributed by atoms with Crippen LogP contribution in [0.5, 0.6) is 11.5 Å². The number of hydrogen-bond acceptors (Lipinski definition) is 6. The molecule has 2 saturated heterocycles. The smallest absolute Gasteiger partial charge is 0.200 e. The van der Waals surface area contributed by atoms with Crippen LogP contribution < -0.4 is 9.47 Å². The summed E-state index contributed by atoms with van der Waals surface area (Å²) in [7, 11) is -3.07. The number of benzene rings is 1. The molecule has 3 aliphatic heterocycles. The number of rotatable bonds is 2. The highest BCUT2D eigenvalue weighted by Crippen LogP contribution is 2.40. The summed E-state index contributed by atoms with van der Waals surface area (Å²) in [6, 6.07) is 1.99. The molecule has 1 aromatic rings. The van der Waals surface area contributed by atoms with Crippen molar-refractivity contribution in [2.24, 2.45) is 0 Å². The molecule has 0 bridgehead atoms. The van der Waals surface area contributed by atoms with E-state index in [0.717, 1.165) is 12.1 Å². The van der Waals surface area contributed by atoms with Gasteiger partial charge in [-0.15, -0.1) is 0 Å². The Morgan fingerprint density at radius 3 is 2.04 bits per heavy atom. The topological polar surface area (TPSA) is 76.1 Å². The van der Waals surface area contributed by atoms with Crippen molar-refractivity contribution in [1.82, 2.24) is 4.90 Å². The Kier molecular flexibility index (Phi) is 3.93. The second-order valence-corrected chi connectivity index (χ2v) is 9.37. The Bertz CT molecular complexity index is 747. The summed E-state index contributed by atoms with van der Waals surface area (Å²) >= 11 is 0. The van der Waals surface area contributed by atoms with Crippen LogP contribution in [-0.4, -0.2) is 67.4 Å². The first-order valence-corrected chi connectivity index (χ1v) is 10.0. The summed E-state index contributed by atoms with van der Waals surface area (Å²) in [5.41, 5.74) is -1.08. The number of hydrogen-bond donors (Lipinski definition) is 1. The van der Waals surface area contributed by atoms with Gasteiger partial charge < -0.3 is 14.6 Å². The van der Waals surface area contributed by atoms with E-state index < -0.39 is 39.3 Å². The van der Waals surface area contributed by atoms with Crippen molar-refractivity contribution in [2.75, 3.05) is 31.1 Å². The first-order chi connectivity index (χ1) is 11.7. The van der Waals surface area contributed by atoms with Gasteiger partial charge in [0.1, 0.15) is 12.2 Å². The number of sulfone groups is 1. The summed E-state index contributed by atoms with van der Waals surface area (Å²) in [6.45, 7) is 1.08. The lowest BCUT2D eigenvalue weighted by atomic mass is 9.96. The van der Waals surface area contributed by atoms with Gasteiger partial charge >= 0.3 is 0 Å². The van der Waals surface area contributed by atoms with Crippen LogP contribution in [-0.2, 0) is 9.84 Å². The van der Waals surface area contributed by atoms with Gasteiger partial charge in [-0.25, -0.2) is 17.2 Å². The van der Waals surface area contributed by atoms with E-state index in [9.17, 15) is 22.3 Å². The molecule has 0 aromatic heterocycles. The van der Waals surface area contributed by atoms with Crippen molar-refractivity contribution >= 4 is 9.84 Å². The first kappa shape index (κ1) is 17.0. The third kappa shape index (κ3) is 3.20. The molecular formula is C16H19F2NO5S. The molecule has 4 rings (SSSR count). The van der Waals surface area contributed by atoms with Crippen LogP contribution in [0.1, 0.15) is 12.8 Å². The SMILES string of the molecule is O=S1(=O)CCC(O)(CN2C[C@@H]3Oc4c(F)ccc(F)c4O[C@@H]3C2)CC1. The third-order valence-electron chi connectivity index (χ3n) is 5.12. The molecule has 25 heavy (non-hydrogen) atoms. The van der Waals surface area contributed by atoms with Crippen LogP contribution in [0.4, 0.5) is 8.78 Å². The number of fused-ring (bicyclic) bond motifs is 2. The number of aliphatic hydroxyl groups is 1. The molecule has 6 nitrogen and oxygen atoms in total. The lowest BCUT2D eigenvalue weighted by Crippen LogP contribution is -2.48. The first-order valence-electron chi connectivity index (χ1n) is 8.21. The minimum Gasteiger partial charge on any atom is -0.478 e. The summed E-state index contributed by atoms with van der Waals surface area (Å²) < 4.78 is 61.9. The fourth-order valence-electron chi connectivity index (χ4n) is 3.70. The number of nitrogens with zero attached hydrogens (tertiary/aromatic N) is 1. The highest BCUT2D eigenvalue weighted by Gasteiger charge is 2.45. The van der Waals surface area contributed by atoms with Crippen LogP contribution in [0.15, 0.2) is 12.1 Å². The Hall–Kier alpha value is -1.45. The van der Waals surface area contributed by atoms with Gasteiger partial charge in [0.05, 0.1) is 17.1 Å². The Morgan fingerprint density at radius 1 is 1.08 bits per heavy atom. The normalized spacial score (nSPS) is 30.0. The Morgan fingerprint density at radius 2 is 1.56 bits per heavy atom. The summed E-state index contributed by atoms with van der Waals surface area (Å²) in [5.74, 6) is -1.84. The molecule has 1 aromatic carbocycles. The highest BCUT2D eigenvalue weighted by atomic mass is 32.2. The summed E-state index contributed by atoms with van der Waals surface area (Å²) in [4.78, 5) is 1.90. The van der Waals surface area contributed by atoms with Gasteiger partial charge in [-0.1, -0.05) is 0 Å². The molecule has 1 N–H and O–H groups in total. The zero-order valence-electron chi connectivity index (χ0n) is 13.5. The van der Waals surface area contributed by atoms with Gasteiger partial charge in [0, 0.05) is 19.6 Å². The van der Waals surface area contributed by atoms with Crippen molar-refractivity contribution in [2.45, 2.75) is 30.7 Å². The fraction of sp³-hybridized carbons (Fsp3) is 0.625. The second kappa shape index (κ2) is 5.78. The van der Waals surface area contributed by atoms with E-state index in [2.05, 4.69) is 0 Å². The predicted octanol–water partition coefficient (Wildman–Crippen LogP) is 0.728. The fourth-order valence-corrected chi connectivity index (χ4v) is 5.29. The highest BCUT2D eigenvalue weighted by molar-refractivity contribution is 7.91. The van der Waals surface area contributed by atoms with E-state index in [1.165, 1.54) is 0 Å². The molecule has 2 atom stereocenters. The Balaban J connectivity index is 1.45. The van der Waals surface area contributed by atoms with Crippen LogP contribution in [0.3, 0.4) is 0 Å². The van der Waals surface area contributed by atoms with Crippen LogP contribution in [0, 0.1) is 11.6 Å². The van der Waals surface area contributed by atoms with Gasteiger partial charge in [0.15, 0.2) is 21.5 Å². The third-order valence-corrected chi connectivity index (χ3v) is 6.77. The molecule has 2 fully saturated rings. The molecular weight excluding hydrogens is 356 g/mol. The minimum atomic E-state index is -3.07. The quantitative estimate of drug-likeness (QED) is 0.821. The number of β-amino-alcohol motifs (C(OH)–C–C–N with tert-alkyl or cyclic N) is 1. The zero-order chi connectivity index (χ0) is 17.8. The monoisotopic (exact) mass is 375 g/mol. The van der Waals surface area contributed by atoms with Crippen LogP contribution >= 0.6 is 0 Å². The van der Waals surface area contributed by atoms with E-state index in [-0.39, 0.29) is 42.4 Å². The molecule has 3 heterocycles. The van der Waals surface area contributed by atoms with E-state index in [1.54, 1.807) is 0 Å². The number of halogens is 2. The summed E-state index contributed by atoms with van der Waals surface area (Å²) in [5, 5.41) is 10.7. The van der Waals surface area contributed by atoms with E-state index in [1.807, 2.05) is 4.90 Å². The van der Waals surface area contributed by atoms with Gasteiger partial charge in [0.25, 0.3) is 0 Å². The maximum absolute atomic E-state index is 13.8. The molecule has 0 spiro atoms. The van der Waals surface area contributed by atoms with E-state index >= 15 is 0 Å². The lowest BCUT2D eigenvalue weighted by molar-refractivity contribution is -0.00151. The van der Waals surface area contributed by atoms with Gasteiger partial charge in [-0.2, -0.15) is 0 Å². The molecule has 9 heteroatoms. The van der Waals surface area contributed by atoms with Crippen molar-refractivity contribution in [1.29, 1.82) is 0 Å². The zero-order valence-corrected chi connectivity index (χ0v) is 14.3. The van der Waals surface area contributed by atoms with Crippen LogP contribution in [0.25, 0.3) is 0 Å². The Labute approximate surface area is 144 Å². The molecule has 0 radical (unpaired) electrons. The number of ether oxygens (including phenoxy) is 2. The predicted molar refractivity (Wildman–Crippen MR) is 84.5 cm³/mol. The molecule has 0 aliphatic carbocycles. The van der Waals surface area contributed by atoms with E-state index in [4.69, 9.17) is 9.47 Å². The summed E-state index contributed by atoms with van der Waals surface area (Å²) in [6.07, 6.45) is -0.543. The van der Waals surface area contributed by atoms with Crippen molar-refractivity contribution in [3.05, 3.63) is 23.8 Å². The van der Waals surface area contributed by atoms with Gasteiger partial charge in [-0.05, 0) is 25.0 Å². The van der Waals surface area contributed by atoms with Crippen molar-refractivity contribution < 1.29 is 31.8 Å². The molecule has 0 saturated carbocycles. The molecule has 138 valence electrons. The van der Waals surface area contributed by atoms with E-state index in [0.29, 0.717) is 13.1 Å². The standard InChI is InChI=1S/C16H19F2NO5S/c17-10-1-2-11(18)15-14(10)23-12-7-19(8-13(12)24-15)9-16(20)3-5-25(21,22)6-4-16/h1-2,12-13,20H,3-9H2/t12-,13+. The minimum absolute atomic E-state index is 0.0287. The molecule has 0 amide bonds. The van der Waals surface area contributed by atoms with Crippen molar-refractivity contribution in [3.8, 4) is 11.5 Å². The van der Waals surface area contributed by atoms with Crippen molar-refractivity contribution in [3.63, 3.8) is 0 Å². The average Bonchev–Trinajstić information content (AvgIpc) is 2.94. The maximum atomic E-state index is 13.8. The number of likely N-dealkylation sites (tertiary alicyclic amines) is 1. The van der Waals surface area contributed by atoms with Gasteiger partial charge in [0.2, 0.25) is 11.5 Å². The van der Waals surface area contributed by atoms with Gasteiger partial charge in [-0.3, -0.25) is 4.90 Å². The molecule has 0 unspecified atom stereocenters. The maximum Gasteiger partial charge on any atom is 0.200 e. The lowest BCUT2D eigenvalue weighted by Gasteiger charge is -2.35. The average molecular weight is 375 g/mol. The second-order valence-electron chi connectivity index (χ2n) is 7.07.